The Hall–Kier alpha value is -0.850. The molecule has 0 aromatic carbocycles. The fraction of sp³-hybridized carbons (Fsp3) is 0.974. The number of unbranched alkanes of at least 4 members (excludes halogenated alkanes) is 18. The van der Waals surface area contributed by atoms with E-state index in [2.05, 4.69) is 19.2 Å². The lowest BCUT2D eigenvalue weighted by atomic mass is 9.98. The van der Waals surface area contributed by atoms with Gasteiger partial charge in [0.2, 0.25) is 5.91 Å². The van der Waals surface area contributed by atoms with Gasteiger partial charge in [-0.25, -0.2) is 0 Å². The Kier molecular flexibility index (Phi) is 24.3. The summed E-state index contributed by atoms with van der Waals surface area (Å²) < 4.78 is 11.1. The summed E-state index contributed by atoms with van der Waals surface area (Å²) in [6, 6.07) is -0.981. The highest BCUT2D eigenvalue weighted by Crippen LogP contribution is 2.41. The van der Waals surface area contributed by atoms with E-state index in [0.717, 1.165) is 50.4 Å². The normalized spacial score (nSPS) is 27.1. The van der Waals surface area contributed by atoms with Crippen LogP contribution in [-0.4, -0.2) is 98.7 Å². The number of aliphatic hydroxyl groups excluding tert-OH is 6. The van der Waals surface area contributed by atoms with Gasteiger partial charge in [0, 0.05) is 6.42 Å². The zero-order valence-corrected chi connectivity index (χ0v) is 31.1. The lowest BCUT2D eigenvalue weighted by Gasteiger charge is -2.40. The molecule has 1 amide bonds. The molecule has 10 atom stereocenters. The average molecular weight is 702 g/mol. The molecule has 1 saturated heterocycles. The van der Waals surface area contributed by atoms with Gasteiger partial charge in [-0.2, -0.15) is 0 Å². The molecule has 290 valence electrons. The molecule has 10 nitrogen and oxygen atoms in total. The second-order valence-corrected chi connectivity index (χ2v) is 15.3. The number of rotatable bonds is 31. The average Bonchev–Trinajstić information content (AvgIpc) is 3.81. The Bertz CT molecular complexity index is 817. The maximum atomic E-state index is 12.9. The Morgan fingerprint density at radius 1 is 0.755 bits per heavy atom. The topological polar surface area (TPSA) is 169 Å². The van der Waals surface area contributed by atoms with Gasteiger partial charge >= 0.3 is 0 Å². The summed E-state index contributed by atoms with van der Waals surface area (Å²) in [5.41, 5.74) is 0. The minimum Gasteiger partial charge on any atom is -0.394 e. The van der Waals surface area contributed by atoms with Crippen LogP contribution in [-0.2, 0) is 14.3 Å². The molecule has 1 heterocycles. The van der Waals surface area contributed by atoms with E-state index in [1.54, 1.807) is 0 Å². The molecule has 0 spiro atoms. The summed E-state index contributed by atoms with van der Waals surface area (Å²) in [7, 11) is 0. The van der Waals surface area contributed by atoms with Crippen molar-refractivity contribution in [2.75, 3.05) is 13.2 Å². The molecule has 2 rings (SSSR count). The van der Waals surface area contributed by atoms with Gasteiger partial charge in [-0.15, -0.1) is 0 Å². The number of amides is 1. The molecule has 1 aliphatic heterocycles. The van der Waals surface area contributed by atoms with Crippen LogP contribution in [0.2, 0.25) is 0 Å². The van der Waals surface area contributed by atoms with Crippen molar-refractivity contribution in [3.63, 3.8) is 0 Å². The van der Waals surface area contributed by atoms with Crippen LogP contribution in [0.4, 0.5) is 0 Å². The summed E-state index contributed by atoms with van der Waals surface area (Å²) in [5, 5.41) is 64.9. The van der Waals surface area contributed by atoms with Crippen molar-refractivity contribution in [3.05, 3.63) is 0 Å². The van der Waals surface area contributed by atoms with E-state index < -0.39 is 55.6 Å². The first-order chi connectivity index (χ1) is 23.7. The molecule has 2 fully saturated rings. The van der Waals surface area contributed by atoms with Crippen molar-refractivity contribution in [1.29, 1.82) is 0 Å². The second kappa shape index (κ2) is 26.9. The molecule has 49 heavy (non-hydrogen) atoms. The van der Waals surface area contributed by atoms with Crippen LogP contribution in [0.25, 0.3) is 0 Å². The molecule has 2 aliphatic rings. The molecule has 0 radical (unpaired) electrons. The van der Waals surface area contributed by atoms with E-state index in [9.17, 15) is 35.4 Å². The lowest BCUT2D eigenvalue weighted by Crippen LogP contribution is -2.60. The number of hydrogen-bond donors (Lipinski definition) is 7. The van der Waals surface area contributed by atoms with Gasteiger partial charge in [-0.3, -0.25) is 4.79 Å². The van der Waals surface area contributed by atoms with Crippen molar-refractivity contribution >= 4 is 5.91 Å². The molecule has 0 aromatic rings. The highest BCUT2D eigenvalue weighted by atomic mass is 16.7. The summed E-state index contributed by atoms with van der Waals surface area (Å²) >= 11 is 0. The third kappa shape index (κ3) is 19.0. The standard InChI is InChI=1S/C39H75NO9/c1-3-4-5-6-7-8-9-10-11-15-18-21-24-32(42)35(44)31(28-48-39-38(47)37(46)36(45)33(27-41)49-39)40-34(43)25-22-19-16-13-12-14-17-20-23-30-26-29(30)2/h29-33,35-39,41-42,44-47H,3-28H2,1-2H3,(H,40,43)/t29?,30?,31-,32+,33+,35-,36-,37-,38+,39-/m0/s1. The smallest absolute Gasteiger partial charge is 0.220 e. The van der Waals surface area contributed by atoms with Crippen molar-refractivity contribution in [3.8, 4) is 0 Å². The Balaban J connectivity index is 1.71. The minimum atomic E-state index is -1.60. The van der Waals surface area contributed by atoms with Crippen LogP contribution in [0, 0.1) is 11.8 Å². The van der Waals surface area contributed by atoms with Crippen molar-refractivity contribution < 1.29 is 44.9 Å². The Morgan fingerprint density at radius 3 is 1.80 bits per heavy atom. The summed E-state index contributed by atoms with van der Waals surface area (Å²) in [6.07, 6.45) is 17.3. The van der Waals surface area contributed by atoms with Crippen LogP contribution < -0.4 is 5.32 Å². The van der Waals surface area contributed by atoms with Crippen molar-refractivity contribution in [1.82, 2.24) is 5.32 Å². The van der Waals surface area contributed by atoms with E-state index in [1.807, 2.05) is 0 Å². The quantitative estimate of drug-likeness (QED) is 0.0451. The number of aliphatic hydroxyl groups is 6. The third-order valence-electron chi connectivity index (χ3n) is 10.8. The van der Waals surface area contributed by atoms with Gasteiger partial charge in [0.05, 0.1) is 25.4 Å². The highest BCUT2D eigenvalue weighted by molar-refractivity contribution is 5.76. The molecule has 1 saturated carbocycles. The van der Waals surface area contributed by atoms with Gasteiger partial charge in [-0.1, -0.05) is 142 Å². The third-order valence-corrected chi connectivity index (χ3v) is 10.8. The summed E-state index contributed by atoms with van der Waals surface area (Å²) in [6.45, 7) is 3.69. The van der Waals surface area contributed by atoms with Crippen LogP contribution in [0.15, 0.2) is 0 Å². The molecular weight excluding hydrogens is 626 g/mol. The SMILES string of the molecule is CCCCCCCCCCCCCC[C@@H](O)[C@@H](O)[C@H](CO[C@H]1O[C@H](CO)[C@H](O)[C@H](O)[C@H]1O)NC(=O)CCCCCCCCCCC1CC1C. The van der Waals surface area contributed by atoms with Crippen LogP contribution in [0.1, 0.15) is 168 Å². The Labute approximate surface area is 297 Å². The molecule has 7 N–H and O–H groups in total. The van der Waals surface area contributed by atoms with Crippen LogP contribution >= 0.6 is 0 Å². The van der Waals surface area contributed by atoms with Crippen molar-refractivity contribution in [2.24, 2.45) is 11.8 Å². The van der Waals surface area contributed by atoms with Crippen molar-refractivity contribution in [2.45, 2.75) is 217 Å². The number of hydrogen-bond acceptors (Lipinski definition) is 9. The molecule has 0 bridgehead atoms. The highest BCUT2D eigenvalue weighted by Gasteiger charge is 2.44. The first-order valence-electron chi connectivity index (χ1n) is 20.3. The monoisotopic (exact) mass is 702 g/mol. The van der Waals surface area contributed by atoms with Crippen LogP contribution in [0.5, 0.6) is 0 Å². The molecule has 10 heteroatoms. The van der Waals surface area contributed by atoms with Gasteiger partial charge in [0.1, 0.15) is 30.5 Å². The van der Waals surface area contributed by atoms with Gasteiger partial charge < -0.3 is 45.4 Å². The number of nitrogens with one attached hydrogen (secondary N) is 1. The van der Waals surface area contributed by atoms with Gasteiger partial charge in [0.25, 0.3) is 0 Å². The maximum Gasteiger partial charge on any atom is 0.220 e. The zero-order valence-electron chi connectivity index (χ0n) is 31.1. The first kappa shape index (κ1) is 44.3. The molecule has 0 aromatic heterocycles. The van der Waals surface area contributed by atoms with Gasteiger partial charge in [-0.05, 0) is 31.1 Å². The van der Waals surface area contributed by atoms with E-state index >= 15 is 0 Å². The first-order valence-corrected chi connectivity index (χ1v) is 20.3. The number of ether oxygens (including phenoxy) is 2. The lowest BCUT2D eigenvalue weighted by molar-refractivity contribution is -0.303. The summed E-state index contributed by atoms with van der Waals surface area (Å²) in [4.78, 5) is 12.9. The number of carbonyl (C=O) groups is 1. The fourth-order valence-corrected chi connectivity index (χ4v) is 7.10. The van der Waals surface area contributed by atoms with E-state index in [0.29, 0.717) is 6.42 Å². The largest absolute Gasteiger partial charge is 0.394 e. The van der Waals surface area contributed by atoms with Gasteiger partial charge in [0.15, 0.2) is 6.29 Å². The van der Waals surface area contributed by atoms with E-state index in [1.165, 1.54) is 103 Å². The second-order valence-electron chi connectivity index (χ2n) is 15.3. The van der Waals surface area contributed by atoms with E-state index in [-0.39, 0.29) is 18.9 Å². The molecule has 2 unspecified atom stereocenters. The minimum absolute atomic E-state index is 0.256. The van der Waals surface area contributed by atoms with E-state index in [4.69, 9.17) is 9.47 Å². The predicted molar refractivity (Wildman–Crippen MR) is 193 cm³/mol. The maximum absolute atomic E-state index is 12.9. The predicted octanol–water partition coefficient (Wildman–Crippen LogP) is 5.66. The zero-order chi connectivity index (χ0) is 35.9. The number of carbonyl (C=O) groups excluding carboxylic acids is 1. The van der Waals surface area contributed by atoms with Crippen LogP contribution in [0.3, 0.4) is 0 Å². The molecular formula is C39H75NO9. The summed E-state index contributed by atoms with van der Waals surface area (Å²) in [5.74, 6) is 1.67. The Morgan fingerprint density at radius 2 is 1.27 bits per heavy atom. The fourth-order valence-electron chi connectivity index (χ4n) is 7.10. The molecule has 1 aliphatic carbocycles.